The second-order valence-corrected chi connectivity index (χ2v) is 6.75. The number of aryl methyl sites for hydroxylation is 2. The quantitative estimate of drug-likeness (QED) is 0.746. The van der Waals surface area contributed by atoms with Crippen molar-refractivity contribution in [3.8, 4) is 0 Å². The highest BCUT2D eigenvalue weighted by molar-refractivity contribution is 7.83. The molecule has 0 radical (unpaired) electrons. The van der Waals surface area contributed by atoms with Gasteiger partial charge in [0.1, 0.15) is 7.92 Å². The van der Waals surface area contributed by atoms with Crippen LogP contribution in [0.5, 0.6) is 0 Å². The van der Waals surface area contributed by atoms with Crippen molar-refractivity contribution >= 4 is 18.8 Å². The number of hydrogen-bond donors (Lipinski definition) is 0. The number of hydrogen-bond acceptors (Lipinski definition) is 1. The minimum absolute atomic E-state index is 0.101. The lowest BCUT2D eigenvalue weighted by atomic mass is 10.2. The van der Waals surface area contributed by atoms with Gasteiger partial charge in [-0.15, -0.1) is 0 Å². The van der Waals surface area contributed by atoms with Crippen molar-refractivity contribution in [1.29, 1.82) is 0 Å². The standard InChI is InChI=1S/C16H14F3OP/c1-11-7-6-8-12(2)14(11)21(16(17,18)19)15(20)13-9-4-3-5-10-13/h3-10H,1-2H3. The Hall–Kier alpha value is -1.67. The lowest BCUT2D eigenvalue weighted by Gasteiger charge is -2.23. The molecule has 0 aliphatic carbocycles. The lowest BCUT2D eigenvalue weighted by molar-refractivity contribution is -0.0384. The van der Waals surface area contributed by atoms with Gasteiger partial charge in [0, 0.05) is 5.56 Å². The van der Waals surface area contributed by atoms with Gasteiger partial charge in [0.05, 0.1) is 0 Å². The van der Waals surface area contributed by atoms with Crippen molar-refractivity contribution in [3.63, 3.8) is 0 Å². The van der Waals surface area contributed by atoms with Crippen molar-refractivity contribution in [2.24, 2.45) is 0 Å². The zero-order chi connectivity index (χ0) is 15.6. The predicted octanol–water partition coefficient (Wildman–Crippen LogP) is 4.77. The molecule has 5 heteroatoms. The highest BCUT2D eigenvalue weighted by Crippen LogP contribution is 2.55. The van der Waals surface area contributed by atoms with Gasteiger partial charge in [-0.3, -0.25) is 4.79 Å². The van der Waals surface area contributed by atoms with Crippen molar-refractivity contribution in [2.75, 3.05) is 0 Å². The first-order chi connectivity index (χ1) is 9.82. The van der Waals surface area contributed by atoms with Gasteiger partial charge in [-0.2, -0.15) is 13.2 Å². The van der Waals surface area contributed by atoms with E-state index in [1.807, 2.05) is 0 Å². The Morgan fingerprint density at radius 2 is 1.43 bits per heavy atom. The molecule has 1 atom stereocenters. The molecule has 1 nitrogen and oxygen atoms in total. The molecule has 21 heavy (non-hydrogen) atoms. The molecule has 0 aliphatic heterocycles. The van der Waals surface area contributed by atoms with E-state index in [-0.39, 0.29) is 10.9 Å². The molecule has 0 bridgehead atoms. The van der Waals surface area contributed by atoms with Gasteiger partial charge in [0.2, 0.25) is 0 Å². The van der Waals surface area contributed by atoms with Gasteiger partial charge >= 0.3 is 5.92 Å². The van der Waals surface area contributed by atoms with E-state index in [4.69, 9.17) is 0 Å². The summed E-state index contributed by atoms with van der Waals surface area (Å²) in [5.74, 6) is -4.56. The first-order valence-electron chi connectivity index (χ1n) is 6.35. The minimum Gasteiger partial charge on any atom is -0.288 e. The van der Waals surface area contributed by atoms with Crippen LogP contribution in [0.4, 0.5) is 13.2 Å². The van der Waals surface area contributed by atoms with E-state index < -0.39 is 19.4 Å². The van der Waals surface area contributed by atoms with Gasteiger partial charge in [0.25, 0.3) is 0 Å². The molecule has 0 heterocycles. The molecule has 0 aliphatic rings. The van der Waals surface area contributed by atoms with Gasteiger partial charge in [0.15, 0.2) is 5.52 Å². The highest BCUT2D eigenvalue weighted by atomic mass is 31.1. The van der Waals surface area contributed by atoms with E-state index >= 15 is 0 Å². The van der Waals surface area contributed by atoms with Crippen LogP contribution >= 0.6 is 7.92 Å². The molecule has 0 fully saturated rings. The molecule has 2 rings (SSSR count). The van der Waals surface area contributed by atoms with Gasteiger partial charge in [-0.1, -0.05) is 48.5 Å². The van der Waals surface area contributed by atoms with Crippen molar-refractivity contribution < 1.29 is 18.0 Å². The van der Waals surface area contributed by atoms with Crippen molar-refractivity contribution in [1.82, 2.24) is 0 Å². The van der Waals surface area contributed by atoms with Crippen LogP contribution in [0.25, 0.3) is 0 Å². The Balaban J connectivity index is 2.58. The van der Waals surface area contributed by atoms with Crippen LogP contribution in [-0.2, 0) is 0 Å². The van der Waals surface area contributed by atoms with Crippen LogP contribution < -0.4 is 5.30 Å². The van der Waals surface area contributed by atoms with Gasteiger partial charge in [-0.25, -0.2) is 0 Å². The normalized spacial score (nSPS) is 13.0. The first-order valence-corrected chi connectivity index (χ1v) is 7.69. The second kappa shape index (κ2) is 5.98. The number of alkyl halides is 3. The van der Waals surface area contributed by atoms with Gasteiger partial charge in [-0.05, 0) is 30.3 Å². The second-order valence-electron chi connectivity index (χ2n) is 4.71. The zero-order valence-corrected chi connectivity index (χ0v) is 12.5. The Morgan fingerprint density at radius 1 is 0.905 bits per heavy atom. The highest BCUT2D eigenvalue weighted by Gasteiger charge is 2.47. The molecule has 0 spiro atoms. The van der Waals surface area contributed by atoms with Crippen LogP contribution in [0.1, 0.15) is 21.5 Å². The summed E-state index contributed by atoms with van der Waals surface area (Å²) >= 11 is 0. The van der Waals surface area contributed by atoms with Crippen molar-refractivity contribution in [2.45, 2.75) is 19.8 Å². The molecule has 2 aromatic rings. The monoisotopic (exact) mass is 310 g/mol. The Morgan fingerprint density at radius 3 is 1.90 bits per heavy atom. The molecule has 0 saturated carbocycles. The molecule has 0 amide bonds. The van der Waals surface area contributed by atoms with Crippen LogP contribution in [0.3, 0.4) is 0 Å². The van der Waals surface area contributed by atoms with E-state index in [0.717, 1.165) is 0 Å². The van der Waals surface area contributed by atoms with E-state index in [1.165, 1.54) is 12.1 Å². The van der Waals surface area contributed by atoms with Crippen LogP contribution in [0.15, 0.2) is 48.5 Å². The van der Waals surface area contributed by atoms with E-state index in [0.29, 0.717) is 11.1 Å². The zero-order valence-electron chi connectivity index (χ0n) is 11.6. The summed E-state index contributed by atoms with van der Waals surface area (Å²) in [6.07, 6.45) is 0. The topological polar surface area (TPSA) is 17.1 Å². The molecular formula is C16H14F3OP. The maximum Gasteiger partial charge on any atom is 0.416 e. The first kappa shape index (κ1) is 15.7. The third-order valence-corrected chi connectivity index (χ3v) is 5.46. The summed E-state index contributed by atoms with van der Waals surface area (Å²) in [5, 5.41) is 0.119. The Labute approximate surface area is 122 Å². The molecule has 2 aromatic carbocycles. The summed E-state index contributed by atoms with van der Waals surface area (Å²) in [4.78, 5) is 12.4. The molecular weight excluding hydrogens is 296 g/mol. The minimum atomic E-state index is -4.56. The number of benzene rings is 2. The Bertz CT molecular complexity index is 630. The average molecular weight is 310 g/mol. The summed E-state index contributed by atoms with van der Waals surface area (Å²) in [6, 6.07) is 12.6. The largest absolute Gasteiger partial charge is 0.416 e. The SMILES string of the molecule is Cc1cccc(C)c1P(C(=O)c1ccccc1)C(F)(F)F. The Kier molecular flexibility index (Phi) is 4.48. The summed E-state index contributed by atoms with van der Waals surface area (Å²) in [7, 11) is -2.91. The summed E-state index contributed by atoms with van der Waals surface area (Å²) < 4.78 is 40.5. The fourth-order valence-corrected chi connectivity index (χ4v) is 4.16. The van der Waals surface area contributed by atoms with Crippen LogP contribution in [0, 0.1) is 13.8 Å². The number of halogens is 3. The fourth-order valence-electron chi connectivity index (χ4n) is 2.21. The average Bonchev–Trinajstić information content (AvgIpc) is 2.42. The maximum atomic E-state index is 13.5. The van der Waals surface area contributed by atoms with Crippen molar-refractivity contribution in [3.05, 3.63) is 65.2 Å². The lowest BCUT2D eigenvalue weighted by Crippen LogP contribution is -2.24. The fraction of sp³-hybridized carbons (Fsp3) is 0.188. The molecule has 0 N–H and O–H groups in total. The maximum absolute atomic E-state index is 13.5. The number of carbonyl (C=O) groups is 1. The number of rotatable bonds is 3. The molecule has 0 aromatic heterocycles. The van der Waals surface area contributed by atoms with E-state index in [9.17, 15) is 18.0 Å². The molecule has 0 saturated heterocycles. The van der Waals surface area contributed by atoms with Crippen LogP contribution in [0.2, 0.25) is 0 Å². The molecule has 1 unspecified atom stereocenters. The smallest absolute Gasteiger partial charge is 0.288 e. The van der Waals surface area contributed by atoms with Crippen LogP contribution in [-0.4, -0.2) is 11.4 Å². The molecule has 110 valence electrons. The third-order valence-electron chi connectivity index (χ3n) is 3.14. The predicted molar refractivity (Wildman–Crippen MR) is 79.3 cm³/mol. The van der Waals surface area contributed by atoms with E-state index in [1.54, 1.807) is 50.2 Å². The summed E-state index contributed by atoms with van der Waals surface area (Å²) in [6.45, 7) is 3.23. The summed E-state index contributed by atoms with van der Waals surface area (Å²) in [5.41, 5.74) is 0.254. The van der Waals surface area contributed by atoms with E-state index in [2.05, 4.69) is 0 Å². The van der Waals surface area contributed by atoms with Gasteiger partial charge < -0.3 is 0 Å². The number of carbonyl (C=O) groups excluding carboxylic acids is 1. The third kappa shape index (κ3) is 3.33.